The monoisotopic (exact) mass is 674 g/mol. The molecule has 3 atom stereocenters. The third kappa shape index (κ3) is 6.90. The lowest BCUT2D eigenvalue weighted by Crippen LogP contribution is -2.58. The number of amides is 3. The fourth-order valence-corrected chi connectivity index (χ4v) is 6.16. The molecule has 0 spiro atoms. The first-order valence-electron chi connectivity index (χ1n) is 15.7. The molecule has 0 radical (unpaired) electrons. The van der Waals surface area contributed by atoms with Gasteiger partial charge in [-0.15, -0.1) is 24.8 Å². The Morgan fingerprint density at radius 1 is 0.915 bits per heavy atom. The number of carbonyl (C=O) groups is 4. The standard InChI is InChI=1S/C37H38N4O4.2ClH/c1-5-22(2)35(43)39-34-23(3)41(36(44)27-18-14-25(15-19-27)24(4)42)33-13-9-8-12-32(33)40(37(34)45)21-30-28-10-6-7-11-31(28)38-20-29(30)26-16-17-26;;/h6-15,18-20,22-23,26,34H,5,16-17,21H2,1-4H3,(H,39,43);2*1H/t22-,23+,34+;;/m1../s1. The lowest BCUT2D eigenvalue weighted by Gasteiger charge is -2.32. The number of benzene rings is 3. The number of rotatable bonds is 8. The second kappa shape index (κ2) is 14.7. The van der Waals surface area contributed by atoms with Crippen molar-refractivity contribution >= 4 is 70.6 Å². The molecule has 0 saturated heterocycles. The summed E-state index contributed by atoms with van der Waals surface area (Å²) in [6.07, 6.45) is 4.71. The minimum atomic E-state index is -1.00. The summed E-state index contributed by atoms with van der Waals surface area (Å²) in [5, 5.41) is 4.01. The van der Waals surface area contributed by atoms with Crippen molar-refractivity contribution in [1.82, 2.24) is 10.3 Å². The van der Waals surface area contributed by atoms with Gasteiger partial charge in [0.25, 0.3) is 11.8 Å². The van der Waals surface area contributed by atoms with E-state index in [1.807, 2.05) is 68.6 Å². The topological polar surface area (TPSA) is 99.7 Å². The second-order valence-electron chi connectivity index (χ2n) is 12.2. The van der Waals surface area contributed by atoms with E-state index >= 15 is 0 Å². The van der Waals surface area contributed by atoms with E-state index in [2.05, 4.69) is 5.32 Å². The van der Waals surface area contributed by atoms with Crippen LogP contribution < -0.4 is 15.1 Å². The first-order valence-corrected chi connectivity index (χ1v) is 15.7. The van der Waals surface area contributed by atoms with E-state index in [9.17, 15) is 19.2 Å². The molecule has 10 heteroatoms. The third-order valence-electron chi connectivity index (χ3n) is 9.22. The molecular formula is C37H40Cl2N4O4. The van der Waals surface area contributed by atoms with E-state index in [1.165, 1.54) is 6.92 Å². The van der Waals surface area contributed by atoms with Gasteiger partial charge in [-0.05, 0) is 80.5 Å². The molecule has 3 amide bonds. The number of hydrogen-bond donors (Lipinski definition) is 1. The van der Waals surface area contributed by atoms with Crippen LogP contribution in [-0.2, 0) is 16.1 Å². The summed E-state index contributed by atoms with van der Waals surface area (Å²) in [7, 11) is 0. The van der Waals surface area contributed by atoms with E-state index in [-0.39, 0.29) is 60.8 Å². The van der Waals surface area contributed by atoms with Gasteiger partial charge in [0.2, 0.25) is 5.91 Å². The average molecular weight is 676 g/mol. The van der Waals surface area contributed by atoms with Gasteiger partial charge in [0.15, 0.2) is 5.78 Å². The summed E-state index contributed by atoms with van der Waals surface area (Å²) >= 11 is 0. The van der Waals surface area contributed by atoms with Gasteiger partial charge in [0.1, 0.15) is 6.04 Å². The zero-order valence-electron chi connectivity index (χ0n) is 26.9. The maximum Gasteiger partial charge on any atom is 0.258 e. The Morgan fingerprint density at radius 2 is 1.53 bits per heavy atom. The predicted molar refractivity (Wildman–Crippen MR) is 190 cm³/mol. The SMILES string of the molecule is CC[C@@H](C)C(=O)N[C@@H]1C(=O)N(Cc2c(C3CC3)cnc3ccccc23)c2ccccc2N(C(=O)c2ccc(C(C)=O)cc2)[C@H]1C.Cl.Cl. The molecule has 1 fully saturated rings. The lowest BCUT2D eigenvalue weighted by atomic mass is 9.99. The Bertz CT molecular complexity index is 1810. The molecule has 1 N–H and O–H groups in total. The lowest BCUT2D eigenvalue weighted by molar-refractivity contribution is -0.130. The Morgan fingerprint density at radius 3 is 2.17 bits per heavy atom. The van der Waals surface area contributed by atoms with Crippen LogP contribution in [0, 0.1) is 5.92 Å². The van der Waals surface area contributed by atoms with Crippen LogP contribution in [0.25, 0.3) is 10.9 Å². The molecule has 8 nitrogen and oxygen atoms in total. The molecule has 1 aliphatic heterocycles. The van der Waals surface area contributed by atoms with Crippen molar-refractivity contribution < 1.29 is 19.2 Å². The maximum absolute atomic E-state index is 14.7. The van der Waals surface area contributed by atoms with Gasteiger partial charge in [0.05, 0.1) is 29.5 Å². The minimum Gasteiger partial charge on any atom is -0.342 e. The molecule has 1 aliphatic carbocycles. The normalized spacial score (nSPS) is 17.9. The minimum absolute atomic E-state index is 0. The van der Waals surface area contributed by atoms with Crippen molar-refractivity contribution in [3.8, 4) is 0 Å². The Balaban J connectivity index is 0.00000250. The number of para-hydroxylation sites is 3. The molecule has 2 heterocycles. The summed E-state index contributed by atoms with van der Waals surface area (Å²) in [5.74, 6) is -0.846. The number of fused-ring (bicyclic) bond motifs is 2. The Hall–Kier alpha value is -4.27. The van der Waals surface area contributed by atoms with Crippen molar-refractivity contribution in [2.24, 2.45) is 5.92 Å². The molecule has 47 heavy (non-hydrogen) atoms. The quantitative estimate of drug-likeness (QED) is 0.198. The van der Waals surface area contributed by atoms with Crippen molar-refractivity contribution in [2.75, 3.05) is 9.80 Å². The van der Waals surface area contributed by atoms with Crippen LogP contribution in [0.5, 0.6) is 0 Å². The highest BCUT2D eigenvalue weighted by Gasteiger charge is 2.43. The summed E-state index contributed by atoms with van der Waals surface area (Å²) in [5.41, 5.74) is 5.07. The van der Waals surface area contributed by atoms with Crippen molar-refractivity contribution in [1.29, 1.82) is 0 Å². The van der Waals surface area contributed by atoms with E-state index in [0.29, 0.717) is 34.8 Å². The fourth-order valence-electron chi connectivity index (χ4n) is 6.16. The molecule has 6 rings (SSSR count). The molecule has 1 saturated carbocycles. The highest BCUT2D eigenvalue weighted by Crippen LogP contribution is 2.44. The number of ketones is 1. The molecule has 2 aliphatic rings. The van der Waals surface area contributed by atoms with Crippen LogP contribution in [-0.4, -0.2) is 40.6 Å². The van der Waals surface area contributed by atoms with E-state index in [1.54, 1.807) is 41.0 Å². The van der Waals surface area contributed by atoms with E-state index < -0.39 is 12.1 Å². The largest absolute Gasteiger partial charge is 0.342 e. The molecule has 4 aromatic rings. The number of anilines is 2. The maximum atomic E-state index is 14.7. The van der Waals surface area contributed by atoms with Crippen LogP contribution >= 0.6 is 24.8 Å². The molecule has 0 bridgehead atoms. The van der Waals surface area contributed by atoms with Gasteiger partial charge in [-0.1, -0.05) is 56.3 Å². The number of carbonyl (C=O) groups excluding carboxylic acids is 4. The van der Waals surface area contributed by atoms with E-state index in [4.69, 9.17) is 4.98 Å². The number of nitrogens with zero attached hydrogens (tertiary/aromatic N) is 3. The van der Waals surface area contributed by atoms with Gasteiger partial charge >= 0.3 is 0 Å². The van der Waals surface area contributed by atoms with Crippen LogP contribution in [0.4, 0.5) is 11.4 Å². The zero-order chi connectivity index (χ0) is 31.8. The number of nitrogens with one attached hydrogen (secondary N) is 1. The van der Waals surface area contributed by atoms with Crippen LogP contribution in [0.2, 0.25) is 0 Å². The van der Waals surface area contributed by atoms with Gasteiger partial charge in [-0.25, -0.2) is 0 Å². The van der Waals surface area contributed by atoms with Crippen molar-refractivity contribution in [3.63, 3.8) is 0 Å². The van der Waals surface area contributed by atoms with Crippen LogP contribution in [0.1, 0.15) is 84.7 Å². The predicted octanol–water partition coefficient (Wildman–Crippen LogP) is 7.27. The van der Waals surface area contributed by atoms with Gasteiger partial charge in [0, 0.05) is 28.6 Å². The summed E-state index contributed by atoms with van der Waals surface area (Å²) in [6, 6.07) is 20.2. The van der Waals surface area contributed by atoms with Gasteiger partial charge < -0.3 is 15.1 Å². The third-order valence-corrected chi connectivity index (χ3v) is 9.22. The summed E-state index contributed by atoms with van der Waals surface area (Å²) in [4.78, 5) is 62.4. The summed E-state index contributed by atoms with van der Waals surface area (Å²) < 4.78 is 0. The van der Waals surface area contributed by atoms with Crippen LogP contribution in [0.15, 0.2) is 79.0 Å². The second-order valence-corrected chi connectivity index (χ2v) is 12.2. The molecule has 0 unspecified atom stereocenters. The van der Waals surface area contributed by atoms with Crippen molar-refractivity contribution in [2.45, 2.75) is 71.5 Å². The Kier molecular flexibility index (Phi) is 11.1. The number of hydrogen-bond acceptors (Lipinski definition) is 5. The Labute approximate surface area is 287 Å². The number of Topliss-reactive ketones (excluding diaryl/α,β-unsaturated/α-hetero) is 1. The van der Waals surface area contributed by atoms with Gasteiger partial charge in [-0.2, -0.15) is 0 Å². The molecule has 246 valence electrons. The van der Waals surface area contributed by atoms with Gasteiger partial charge in [-0.3, -0.25) is 24.2 Å². The van der Waals surface area contributed by atoms with Crippen molar-refractivity contribution in [3.05, 3.63) is 101 Å². The molecule has 1 aromatic heterocycles. The molecular weight excluding hydrogens is 635 g/mol. The number of pyridine rings is 1. The smallest absolute Gasteiger partial charge is 0.258 e. The van der Waals surface area contributed by atoms with E-state index in [0.717, 1.165) is 34.9 Å². The average Bonchev–Trinajstić information content (AvgIpc) is 3.91. The van der Waals surface area contributed by atoms with Crippen LogP contribution in [0.3, 0.4) is 0 Å². The first kappa shape index (κ1) is 35.6. The highest BCUT2D eigenvalue weighted by atomic mass is 35.5. The fraction of sp³-hybridized carbons (Fsp3) is 0.324. The molecule has 3 aromatic carbocycles. The summed E-state index contributed by atoms with van der Waals surface area (Å²) in [6.45, 7) is 7.31. The highest BCUT2D eigenvalue weighted by molar-refractivity contribution is 6.13. The number of halogens is 2. The number of aromatic nitrogens is 1. The first-order chi connectivity index (χ1) is 21.7. The zero-order valence-corrected chi connectivity index (χ0v) is 28.6.